The Hall–Kier alpha value is -7.26. The van der Waals surface area contributed by atoms with Crippen LogP contribution in [0, 0.1) is 0 Å². The van der Waals surface area contributed by atoms with Gasteiger partial charge in [-0.05, 0) is 45.2 Å². The van der Waals surface area contributed by atoms with Crippen molar-refractivity contribution in [3.05, 3.63) is 109 Å². The topological polar surface area (TPSA) is 175 Å². The monoisotopic (exact) mass is 674 g/mol. The molecule has 9 heteroatoms. The van der Waals surface area contributed by atoms with Crippen molar-refractivity contribution >= 4 is 54.3 Å². The van der Waals surface area contributed by atoms with E-state index >= 15 is 0 Å². The SMILES string of the molecule is Oc1c(O)c(O)c2c(-c3cccc4oc5ccccc5c34)c3c(O)c(O)c(O)c(O)c3c(-c3ccc(-c4ccccc4)c4ccccc34)c2c1O. The third-order valence-corrected chi connectivity index (χ3v) is 9.74. The lowest BCUT2D eigenvalue weighted by atomic mass is 9.81. The number of aromatic hydroxyl groups is 8. The van der Waals surface area contributed by atoms with E-state index in [0.717, 1.165) is 16.5 Å². The number of benzene rings is 8. The predicted molar refractivity (Wildman–Crippen MR) is 196 cm³/mol. The number of fused-ring (bicyclic) bond motifs is 6. The van der Waals surface area contributed by atoms with Crippen LogP contribution in [0.1, 0.15) is 0 Å². The highest BCUT2D eigenvalue weighted by Crippen LogP contribution is 2.63. The van der Waals surface area contributed by atoms with Crippen LogP contribution in [0.2, 0.25) is 0 Å². The molecule has 8 aromatic carbocycles. The minimum absolute atomic E-state index is 0.0185. The largest absolute Gasteiger partial charge is 0.504 e. The van der Waals surface area contributed by atoms with Crippen molar-refractivity contribution in [2.24, 2.45) is 0 Å². The van der Waals surface area contributed by atoms with Crippen LogP contribution >= 0.6 is 0 Å². The average molecular weight is 675 g/mol. The highest BCUT2D eigenvalue weighted by molar-refractivity contribution is 6.32. The molecule has 51 heavy (non-hydrogen) atoms. The van der Waals surface area contributed by atoms with Gasteiger partial charge in [-0.1, -0.05) is 97.1 Å². The third kappa shape index (κ3) is 3.97. The van der Waals surface area contributed by atoms with E-state index in [4.69, 9.17) is 4.42 Å². The molecule has 0 saturated heterocycles. The first-order valence-corrected chi connectivity index (χ1v) is 15.9. The van der Waals surface area contributed by atoms with Crippen LogP contribution < -0.4 is 0 Å². The van der Waals surface area contributed by atoms with Crippen molar-refractivity contribution in [3.63, 3.8) is 0 Å². The van der Waals surface area contributed by atoms with Crippen molar-refractivity contribution in [2.75, 3.05) is 0 Å². The molecule has 9 nitrogen and oxygen atoms in total. The van der Waals surface area contributed by atoms with Gasteiger partial charge in [-0.15, -0.1) is 0 Å². The summed E-state index contributed by atoms with van der Waals surface area (Å²) in [4.78, 5) is 0. The number of phenols is 8. The van der Waals surface area contributed by atoms with Crippen LogP contribution in [-0.4, -0.2) is 40.9 Å². The standard InChI is InChI=1S/C42H26O9/c43-35-31-29(23-18-17-20(19-9-2-1-3-10-19)21-11-4-5-12-22(21)23)32-34(38(46)42(50)40(48)36(32)44)30(33(31)37(45)41(49)39(35)47)25-14-8-16-27-28(25)24-13-6-7-15-26(24)51-27/h1-18,43-50H. The summed E-state index contributed by atoms with van der Waals surface area (Å²) in [5, 5.41) is 92.8. The maximum absolute atomic E-state index is 11.8. The first-order chi connectivity index (χ1) is 24.7. The molecule has 0 atom stereocenters. The zero-order valence-electron chi connectivity index (χ0n) is 26.4. The zero-order chi connectivity index (χ0) is 35.3. The number of furan rings is 1. The quantitative estimate of drug-likeness (QED) is 0.0515. The van der Waals surface area contributed by atoms with Crippen LogP contribution in [0.25, 0.3) is 87.6 Å². The Bertz CT molecular complexity index is 2860. The molecule has 0 unspecified atom stereocenters. The Morgan fingerprint density at radius 1 is 0.294 bits per heavy atom. The van der Waals surface area contributed by atoms with Gasteiger partial charge in [0.1, 0.15) is 11.2 Å². The van der Waals surface area contributed by atoms with Gasteiger partial charge >= 0.3 is 0 Å². The molecule has 0 bridgehead atoms. The molecular weight excluding hydrogens is 648 g/mol. The Morgan fingerprint density at radius 2 is 0.725 bits per heavy atom. The highest BCUT2D eigenvalue weighted by Gasteiger charge is 2.33. The summed E-state index contributed by atoms with van der Waals surface area (Å²) in [5.41, 5.74) is 3.32. The van der Waals surface area contributed by atoms with Crippen LogP contribution in [-0.2, 0) is 0 Å². The molecule has 0 aliphatic rings. The van der Waals surface area contributed by atoms with Gasteiger partial charge < -0.3 is 45.3 Å². The Labute approximate surface area is 287 Å². The van der Waals surface area contributed by atoms with Crippen molar-refractivity contribution in [1.82, 2.24) is 0 Å². The smallest absolute Gasteiger partial charge is 0.204 e. The molecule has 0 fully saturated rings. The zero-order valence-corrected chi connectivity index (χ0v) is 26.4. The van der Waals surface area contributed by atoms with Crippen molar-refractivity contribution in [3.8, 4) is 79.4 Å². The second-order valence-corrected chi connectivity index (χ2v) is 12.4. The Morgan fingerprint density at radius 3 is 1.29 bits per heavy atom. The van der Waals surface area contributed by atoms with E-state index in [1.54, 1.807) is 48.5 Å². The van der Waals surface area contributed by atoms with E-state index in [1.807, 2.05) is 60.7 Å². The van der Waals surface area contributed by atoms with Gasteiger partial charge in [0, 0.05) is 43.4 Å². The van der Waals surface area contributed by atoms with Crippen molar-refractivity contribution in [2.45, 2.75) is 0 Å². The van der Waals surface area contributed by atoms with Crippen molar-refractivity contribution < 1.29 is 45.3 Å². The maximum atomic E-state index is 11.8. The van der Waals surface area contributed by atoms with Crippen LogP contribution in [0.3, 0.4) is 0 Å². The molecule has 0 aliphatic heterocycles. The molecule has 0 amide bonds. The van der Waals surface area contributed by atoms with Crippen LogP contribution in [0.4, 0.5) is 0 Å². The summed E-state index contributed by atoms with van der Waals surface area (Å²) >= 11 is 0. The second-order valence-electron chi connectivity index (χ2n) is 12.4. The maximum Gasteiger partial charge on any atom is 0.204 e. The lowest BCUT2D eigenvalue weighted by molar-refractivity contribution is 0.350. The van der Waals surface area contributed by atoms with Crippen LogP contribution in [0.5, 0.6) is 46.0 Å². The number of hydrogen-bond donors (Lipinski definition) is 8. The molecule has 248 valence electrons. The lowest BCUT2D eigenvalue weighted by Gasteiger charge is -2.23. The number of hydrogen-bond acceptors (Lipinski definition) is 9. The fourth-order valence-electron chi connectivity index (χ4n) is 7.53. The van der Waals surface area contributed by atoms with E-state index in [0.29, 0.717) is 38.5 Å². The molecule has 1 aromatic heterocycles. The van der Waals surface area contributed by atoms with Crippen LogP contribution in [0.15, 0.2) is 114 Å². The van der Waals surface area contributed by atoms with Gasteiger partial charge in [-0.2, -0.15) is 0 Å². The predicted octanol–water partition coefficient (Wildman–Crippen LogP) is 9.69. The lowest BCUT2D eigenvalue weighted by Crippen LogP contribution is -1.96. The minimum atomic E-state index is -1.04. The average Bonchev–Trinajstić information content (AvgIpc) is 3.55. The van der Waals surface area contributed by atoms with Gasteiger partial charge in [0.05, 0.1) is 0 Å². The molecule has 1 heterocycles. The fraction of sp³-hybridized carbons (Fsp3) is 0. The fourth-order valence-corrected chi connectivity index (χ4v) is 7.53. The van der Waals surface area contributed by atoms with E-state index in [-0.39, 0.29) is 32.7 Å². The molecule has 0 spiro atoms. The summed E-state index contributed by atoms with van der Waals surface area (Å²) in [5.74, 6) is -7.51. The van der Waals surface area contributed by atoms with Gasteiger partial charge in [-0.3, -0.25) is 0 Å². The first-order valence-electron chi connectivity index (χ1n) is 15.9. The first kappa shape index (κ1) is 29.8. The molecule has 8 N–H and O–H groups in total. The summed E-state index contributed by atoms with van der Waals surface area (Å²) in [6, 6.07) is 32.8. The molecule has 9 aromatic rings. The summed E-state index contributed by atoms with van der Waals surface area (Å²) < 4.78 is 6.12. The van der Waals surface area contributed by atoms with Gasteiger partial charge in [0.2, 0.25) is 23.0 Å². The number of rotatable bonds is 3. The normalized spacial score (nSPS) is 11.8. The third-order valence-electron chi connectivity index (χ3n) is 9.74. The molecule has 9 rings (SSSR count). The van der Waals surface area contributed by atoms with Gasteiger partial charge in [-0.25, -0.2) is 0 Å². The molecule has 0 saturated carbocycles. The highest BCUT2D eigenvalue weighted by atomic mass is 16.4. The second kappa shape index (κ2) is 10.6. The molecule has 0 radical (unpaired) electrons. The van der Waals surface area contributed by atoms with Gasteiger partial charge in [0.25, 0.3) is 0 Å². The van der Waals surface area contributed by atoms with E-state index < -0.39 is 46.0 Å². The summed E-state index contributed by atoms with van der Waals surface area (Å²) in [6.45, 7) is 0. The number of para-hydroxylation sites is 1. The van der Waals surface area contributed by atoms with E-state index in [2.05, 4.69) is 0 Å². The minimum Gasteiger partial charge on any atom is -0.504 e. The van der Waals surface area contributed by atoms with Crippen molar-refractivity contribution in [1.29, 1.82) is 0 Å². The number of phenolic OH excluding ortho intramolecular Hbond substituents is 8. The molecule has 0 aliphatic carbocycles. The Balaban J connectivity index is 1.58. The summed E-state index contributed by atoms with van der Waals surface area (Å²) in [7, 11) is 0. The van der Waals surface area contributed by atoms with Gasteiger partial charge in [0.15, 0.2) is 23.0 Å². The van der Waals surface area contributed by atoms with E-state index in [1.165, 1.54) is 0 Å². The molecular formula is C42H26O9. The summed E-state index contributed by atoms with van der Waals surface area (Å²) in [6.07, 6.45) is 0. The Kier molecular flexibility index (Phi) is 6.21. The van der Waals surface area contributed by atoms with E-state index in [9.17, 15) is 40.9 Å².